The van der Waals surface area contributed by atoms with Crippen molar-refractivity contribution in [2.75, 3.05) is 11.4 Å². The molecule has 146 valence electrons. The van der Waals surface area contributed by atoms with E-state index in [2.05, 4.69) is 10.4 Å². The quantitative estimate of drug-likeness (QED) is 0.543. The number of phenolic OH excluding ortho intramolecular Hbond substituents is 1. The summed E-state index contributed by atoms with van der Waals surface area (Å²) < 4.78 is 0. The molecule has 3 rings (SSSR count). The van der Waals surface area contributed by atoms with Crippen molar-refractivity contribution in [2.45, 2.75) is 6.42 Å². The molecule has 0 heterocycles. The molecule has 0 aliphatic carbocycles. The number of aromatic hydroxyl groups is 1. The highest BCUT2D eigenvalue weighted by atomic mass is 16.3. The number of hydrogen-bond acceptors (Lipinski definition) is 6. The lowest BCUT2D eigenvalue weighted by molar-refractivity contribution is -0.121. The van der Waals surface area contributed by atoms with Crippen LogP contribution in [-0.2, 0) is 11.2 Å². The Morgan fingerprint density at radius 1 is 0.862 bits per heavy atom. The fourth-order valence-electron chi connectivity index (χ4n) is 3.06. The van der Waals surface area contributed by atoms with Gasteiger partial charge in [0.15, 0.2) is 0 Å². The molecular formula is C22H19N3O4. The maximum atomic E-state index is 13.4. The van der Waals surface area contributed by atoms with Gasteiger partial charge >= 0.3 is 0 Å². The molecule has 0 aliphatic heterocycles. The van der Waals surface area contributed by atoms with Crippen LogP contribution in [0.25, 0.3) is 0 Å². The summed E-state index contributed by atoms with van der Waals surface area (Å²) in [6.07, 6.45) is 0.283. The maximum Gasteiger partial charge on any atom is 0.236 e. The third-order valence-corrected chi connectivity index (χ3v) is 4.51. The molecule has 0 bridgehead atoms. The number of nitrogens with zero attached hydrogens (tertiary/aromatic N) is 3. The molecule has 7 heteroatoms. The van der Waals surface area contributed by atoms with Gasteiger partial charge in [0.2, 0.25) is 5.91 Å². The topological polar surface area (TPSA) is 99.4 Å². The van der Waals surface area contributed by atoms with Gasteiger partial charge in [-0.05, 0) is 65.7 Å². The predicted octanol–water partition coefficient (Wildman–Crippen LogP) is 5.08. The average Bonchev–Trinajstić information content (AvgIpc) is 2.76. The van der Waals surface area contributed by atoms with E-state index in [-0.39, 0.29) is 24.6 Å². The third-order valence-electron chi connectivity index (χ3n) is 4.51. The van der Waals surface area contributed by atoms with E-state index in [1.165, 1.54) is 17.0 Å². The highest BCUT2D eigenvalue weighted by molar-refractivity contribution is 6.02. The fraction of sp³-hybridized carbons (Fsp3) is 0.136. The Hall–Kier alpha value is -3.87. The Balaban J connectivity index is 1.95. The Bertz CT molecular complexity index is 973. The zero-order valence-electron chi connectivity index (χ0n) is 15.5. The van der Waals surface area contributed by atoms with Gasteiger partial charge in [0, 0.05) is 11.4 Å². The second-order valence-electron chi connectivity index (χ2n) is 6.50. The lowest BCUT2D eigenvalue weighted by Gasteiger charge is -2.27. The molecule has 0 aliphatic rings. The van der Waals surface area contributed by atoms with E-state index in [0.29, 0.717) is 17.1 Å². The number of amides is 1. The van der Waals surface area contributed by atoms with E-state index in [1.54, 1.807) is 48.5 Å². The minimum absolute atomic E-state index is 0.0872. The second-order valence-corrected chi connectivity index (χ2v) is 6.50. The van der Waals surface area contributed by atoms with Gasteiger partial charge in [0.25, 0.3) is 0 Å². The van der Waals surface area contributed by atoms with Crippen molar-refractivity contribution >= 4 is 23.0 Å². The van der Waals surface area contributed by atoms with Gasteiger partial charge in [0.1, 0.15) is 11.4 Å². The zero-order chi connectivity index (χ0) is 20.6. The van der Waals surface area contributed by atoms with E-state index < -0.39 is 5.92 Å². The van der Waals surface area contributed by atoms with Gasteiger partial charge in [0.05, 0.1) is 12.5 Å². The first kappa shape index (κ1) is 19.9. The molecule has 29 heavy (non-hydrogen) atoms. The number of nitroso groups, excluding NO2 is 2. The number of hydrogen-bond donors (Lipinski definition) is 1. The first-order valence-corrected chi connectivity index (χ1v) is 9.02. The Morgan fingerprint density at radius 2 is 1.48 bits per heavy atom. The summed E-state index contributed by atoms with van der Waals surface area (Å²) in [7, 11) is 0. The summed E-state index contributed by atoms with van der Waals surface area (Å²) in [5.41, 5.74) is 2.29. The number of para-hydroxylation sites is 1. The SMILES string of the molecule is O=NCC(Cc1ccc(N=O)cc1)C(=O)N(c1ccccc1)c1ccc(O)cc1. The molecule has 1 N–H and O–H groups in total. The molecule has 7 nitrogen and oxygen atoms in total. The summed E-state index contributed by atoms with van der Waals surface area (Å²) in [5.74, 6) is -0.903. The molecule has 0 saturated carbocycles. The summed E-state index contributed by atoms with van der Waals surface area (Å²) in [6, 6.07) is 21.9. The molecule has 0 saturated heterocycles. The highest BCUT2D eigenvalue weighted by Gasteiger charge is 2.27. The van der Waals surface area contributed by atoms with Crippen molar-refractivity contribution in [3.63, 3.8) is 0 Å². The molecule has 1 unspecified atom stereocenters. The van der Waals surface area contributed by atoms with Crippen LogP contribution in [-0.4, -0.2) is 17.6 Å². The van der Waals surface area contributed by atoms with E-state index in [0.717, 1.165) is 5.56 Å². The van der Waals surface area contributed by atoms with Crippen LogP contribution in [0, 0.1) is 15.7 Å². The van der Waals surface area contributed by atoms with Crippen molar-refractivity contribution in [3.05, 3.63) is 94.2 Å². The van der Waals surface area contributed by atoms with Gasteiger partial charge in [-0.3, -0.25) is 9.69 Å². The second kappa shape index (κ2) is 9.36. The monoisotopic (exact) mass is 389 g/mol. The van der Waals surface area contributed by atoms with E-state index in [1.807, 2.05) is 18.2 Å². The van der Waals surface area contributed by atoms with Gasteiger partial charge < -0.3 is 5.11 Å². The smallest absolute Gasteiger partial charge is 0.236 e. The van der Waals surface area contributed by atoms with Crippen molar-refractivity contribution in [1.29, 1.82) is 0 Å². The van der Waals surface area contributed by atoms with E-state index >= 15 is 0 Å². The Morgan fingerprint density at radius 3 is 2.07 bits per heavy atom. The van der Waals surface area contributed by atoms with Crippen LogP contribution in [0.15, 0.2) is 89.2 Å². The summed E-state index contributed by atoms with van der Waals surface area (Å²) >= 11 is 0. The Kier molecular flexibility index (Phi) is 6.42. The highest BCUT2D eigenvalue weighted by Crippen LogP contribution is 2.30. The molecule has 0 aromatic heterocycles. The minimum Gasteiger partial charge on any atom is -0.508 e. The number of phenols is 1. The fourth-order valence-corrected chi connectivity index (χ4v) is 3.06. The van der Waals surface area contributed by atoms with Crippen molar-refractivity contribution < 1.29 is 9.90 Å². The number of anilines is 2. The van der Waals surface area contributed by atoms with Crippen molar-refractivity contribution in [2.24, 2.45) is 16.3 Å². The van der Waals surface area contributed by atoms with E-state index in [4.69, 9.17) is 0 Å². The summed E-state index contributed by atoms with van der Waals surface area (Å²) in [5, 5.41) is 15.4. The molecule has 1 amide bonds. The Labute approximate surface area is 167 Å². The zero-order valence-corrected chi connectivity index (χ0v) is 15.5. The third kappa shape index (κ3) is 4.90. The van der Waals surface area contributed by atoms with Gasteiger partial charge in [-0.25, -0.2) is 0 Å². The summed E-state index contributed by atoms with van der Waals surface area (Å²) in [4.78, 5) is 36.6. The van der Waals surface area contributed by atoms with Crippen LogP contribution >= 0.6 is 0 Å². The largest absolute Gasteiger partial charge is 0.508 e. The van der Waals surface area contributed by atoms with Gasteiger partial charge in [-0.1, -0.05) is 35.5 Å². The first-order chi connectivity index (χ1) is 14.1. The molecule has 0 fully saturated rings. The predicted molar refractivity (Wildman–Crippen MR) is 111 cm³/mol. The standard InChI is InChI=1S/C22H19N3O4/c26-21-12-10-20(11-13-21)25(19-4-2-1-3-5-19)22(27)17(15-23-28)14-16-6-8-18(24-29)9-7-16/h1-13,17,26H,14-15H2. The van der Waals surface area contributed by atoms with Gasteiger partial charge in [-0.2, -0.15) is 4.91 Å². The van der Waals surface area contributed by atoms with Crippen LogP contribution in [0.5, 0.6) is 5.75 Å². The van der Waals surface area contributed by atoms with Crippen molar-refractivity contribution in [3.8, 4) is 5.75 Å². The average molecular weight is 389 g/mol. The van der Waals surface area contributed by atoms with Gasteiger partial charge in [-0.15, -0.1) is 4.91 Å². The minimum atomic E-state index is -0.698. The van der Waals surface area contributed by atoms with Crippen LogP contribution < -0.4 is 4.90 Å². The van der Waals surface area contributed by atoms with Crippen LogP contribution in [0.3, 0.4) is 0 Å². The molecule has 0 radical (unpaired) electrons. The first-order valence-electron chi connectivity index (χ1n) is 9.02. The van der Waals surface area contributed by atoms with Crippen LogP contribution in [0.1, 0.15) is 5.56 Å². The van der Waals surface area contributed by atoms with E-state index in [9.17, 15) is 19.7 Å². The normalized spacial score (nSPS) is 11.4. The number of rotatable bonds is 8. The lowest BCUT2D eigenvalue weighted by atomic mass is 9.97. The number of carbonyl (C=O) groups excluding carboxylic acids is 1. The molecule has 1 atom stereocenters. The molecule has 0 spiro atoms. The molecule has 3 aromatic rings. The lowest BCUT2D eigenvalue weighted by Crippen LogP contribution is -2.35. The van der Waals surface area contributed by atoms with Crippen molar-refractivity contribution in [1.82, 2.24) is 0 Å². The number of benzene rings is 3. The number of carbonyl (C=O) groups is 1. The maximum absolute atomic E-state index is 13.4. The molecule has 3 aromatic carbocycles. The van der Waals surface area contributed by atoms with Crippen LogP contribution in [0.4, 0.5) is 17.1 Å². The molecular weight excluding hydrogens is 370 g/mol. The summed E-state index contributed by atoms with van der Waals surface area (Å²) in [6.45, 7) is -0.187. The van der Waals surface area contributed by atoms with Crippen LogP contribution in [0.2, 0.25) is 0 Å².